The molecule has 0 saturated carbocycles. The van der Waals surface area contributed by atoms with Crippen molar-refractivity contribution in [1.82, 2.24) is 14.3 Å². The van der Waals surface area contributed by atoms with Gasteiger partial charge < -0.3 is 10.6 Å². The quantitative estimate of drug-likeness (QED) is 0.512. The van der Waals surface area contributed by atoms with Gasteiger partial charge in [0.05, 0.1) is 18.9 Å². The molecule has 2 heterocycles. The zero-order valence-electron chi connectivity index (χ0n) is 17.5. The fraction of sp³-hybridized carbons (Fsp3) is 0.421. The molecule has 1 aromatic carbocycles. The van der Waals surface area contributed by atoms with Crippen molar-refractivity contribution in [2.24, 2.45) is 0 Å². The van der Waals surface area contributed by atoms with Crippen molar-refractivity contribution in [2.75, 3.05) is 41.4 Å². The highest BCUT2D eigenvalue weighted by Gasteiger charge is 2.25. The van der Waals surface area contributed by atoms with Crippen molar-refractivity contribution < 1.29 is 26.4 Å². The van der Waals surface area contributed by atoms with E-state index in [0.29, 0.717) is 21.8 Å². The van der Waals surface area contributed by atoms with E-state index in [-0.39, 0.29) is 44.3 Å². The van der Waals surface area contributed by atoms with Crippen molar-refractivity contribution in [3.8, 4) is 0 Å². The first kappa shape index (κ1) is 23.7. The summed E-state index contributed by atoms with van der Waals surface area (Å²) < 4.78 is 66.2. The van der Waals surface area contributed by atoms with Crippen LogP contribution in [0.5, 0.6) is 0 Å². The summed E-state index contributed by atoms with van der Waals surface area (Å²) in [5, 5.41) is 5.54. The van der Waals surface area contributed by atoms with Crippen LogP contribution in [0.15, 0.2) is 24.4 Å². The van der Waals surface area contributed by atoms with Crippen molar-refractivity contribution in [3.05, 3.63) is 35.8 Å². The lowest BCUT2D eigenvalue weighted by Gasteiger charge is -2.25. The Morgan fingerprint density at radius 3 is 2.69 bits per heavy atom. The normalized spacial score (nSPS) is 13.4. The maximum absolute atomic E-state index is 14.3. The van der Waals surface area contributed by atoms with Gasteiger partial charge in [0, 0.05) is 36.6 Å². The number of benzene rings is 1. The number of hydrogen-bond acceptors (Lipinski definition) is 7. The summed E-state index contributed by atoms with van der Waals surface area (Å²) in [4.78, 5) is 19.8. The Balaban J connectivity index is 1.79. The highest BCUT2D eigenvalue weighted by atomic mass is 32.2. The largest absolute Gasteiger partial charge is 0.325 e. The molecule has 0 saturated heterocycles. The predicted octanol–water partition coefficient (Wildman–Crippen LogP) is 2.55. The molecule has 0 atom stereocenters. The van der Waals surface area contributed by atoms with Gasteiger partial charge >= 0.3 is 6.55 Å². The highest BCUT2D eigenvalue weighted by Crippen LogP contribution is 2.31. The monoisotopic (exact) mass is 472 g/mol. The number of amides is 1. The minimum atomic E-state index is -3.47. The van der Waals surface area contributed by atoms with Crippen LogP contribution in [0.1, 0.15) is 18.9 Å². The minimum absolute atomic E-state index is 0.00748. The van der Waals surface area contributed by atoms with E-state index in [1.807, 2.05) is 0 Å². The van der Waals surface area contributed by atoms with E-state index in [0.717, 1.165) is 16.8 Å². The topological polar surface area (TPSA) is 108 Å². The zero-order chi connectivity index (χ0) is 23.5. The molecule has 1 aromatic heterocycles. The van der Waals surface area contributed by atoms with E-state index < -0.39 is 28.2 Å². The summed E-state index contributed by atoms with van der Waals surface area (Å²) in [6.45, 7) is -1.55. The van der Waals surface area contributed by atoms with E-state index in [1.54, 1.807) is 25.1 Å². The number of rotatable bonds is 10. The Bertz CT molecular complexity index is 1100. The van der Waals surface area contributed by atoms with E-state index >= 15 is 0 Å². The Kier molecular flexibility index (Phi) is 7.19. The van der Waals surface area contributed by atoms with Gasteiger partial charge in [-0.15, -0.1) is 0 Å². The molecule has 0 bridgehead atoms. The molecule has 0 fully saturated rings. The molecule has 0 aliphatic carbocycles. The highest BCUT2D eigenvalue weighted by molar-refractivity contribution is 7.88. The van der Waals surface area contributed by atoms with Crippen LogP contribution < -0.4 is 15.5 Å². The van der Waals surface area contributed by atoms with Crippen LogP contribution in [-0.4, -0.2) is 61.0 Å². The van der Waals surface area contributed by atoms with Crippen molar-refractivity contribution in [1.29, 1.82) is 0 Å². The number of halogens is 3. The van der Waals surface area contributed by atoms with Crippen molar-refractivity contribution in [2.45, 2.75) is 26.3 Å². The second-order valence-corrected chi connectivity index (χ2v) is 9.11. The number of alkyl halides is 2. The van der Waals surface area contributed by atoms with Gasteiger partial charge in [0.1, 0.15) is 0 Å². The van der Waals surface area contributed by atoms with Gasteiger partial charge in [0.2, 0.25) is 21.9 Å². The average Bonchev–Trinajstić information content (AvgIpc) is 3.10. The minimum Gasteiger partial charge on any atom is -0.325 e. The van der Waals surface area contributed by atoms with Gasteiger partial charge in [0.25, 0.3) is 0 Å². The van der Waals surface area contributed by atoms with Crippen LogP contribution in [-0.2, 0) is 21.2 Å². The average molecular weight is 472 g/mol. The molecule has 0 unspecified atom stereocenters. The molecule has 2 aromatic rings. The number of aromatic nitrogens is 2. The fourth-order valence-electron chi connectivity index (χ4n) is 3.38. The molecule has 0 spiro atoms. The number of nitrogens with one attached hydrogen (secondary N) is 2. The van der Waals surface area contributed by atoms with Crippen molar-refractivity contribution >= 4 is 39.1 Å². The summed E-state index contributed by atoms with van der Waals surface area (Å²) in [6, 6.07) is 5.07. The van der Waals surface area contributed by atoms with Crippen molar-refractivity contribution in [3.63, 3.8) is 0 Å². The third kappa shape index (κ3) is 5.46. The molecule has 13 heteroatoms. The fourth-order valence-corrected chi connectivity index (χ4v) is 4.31. The predicted molar refractivity (Wildman–Crippen MR) is 114 cm³/mol. The maximum Gasteiger partial charge on any atom is 0.316 e. The van der Waals surface area contributed by atoms with E-state index in [1.165, 1.54) is 0 Å². The molecule has 2 N–H and O–H groups in total. The van der Waals surface area contributed by atoms with Crippen LogP contribution in [0.4, 0.5) is 36.3 Å². The molecule has 1 amide bonds. The van der Waals surface area contributed by atoms with Crippen LogP contribution in [0.25, 0.3) is 0 Å². The van der Waals surface area contributed by atoms with Crippen LogP contribution in [0.3, 0.4) is 0 Å². The summed E-state index contributed by atoms with van der Waals surface area (Å²) in [5.41, 5.74) is 1.77. The molecular weight excluding hydrogens is 449 g/mol. The summed E-state index contributed by atoms with van der Waals surface area (Å²) in [6.07, 6.45) is 1.98. The molecule has 0 radical (unpaired) electrons. The van der Waals surface area contributed by atoms with Gasteiger partial charge in [-0.3, -0.25) is 9.69 Å². The Morgan fingerprint density at radius 2 is 2.03 bits per heavy atom. The molecule has 1 aliphatic heterocycles. The molecule has 3 rings (SSSR count). The summed E-state index contributed by atoms with van der Waals surface area (Å²) in [5.74, 6) is -1.96. The molecule has 9 nitrogen and oxygen atoms in total. The lowest BCUT2D eigenvalue weighted by molar-refractivity contribution is -0.115. The Morgan fingerprint density at radius 1 is 1.28 bits per heavy atom. The van der Waals surface area contributed by atoms with Gasteiger partial charge in [-0.25, -0.2) is 22.1 Å². The van der Waals surface area contributed by atoms with Gasteiger partial charge in [-0.05, 0) is 18.6 Å². The SMILES string of the molecule is CCN(CCCN(c1nc(Nc2cccc3c2CC(=O)N3)ncc1F)C(F)F)S(C)(=O)=O. The Labute approximate surface area is 183 Å². The first-order chi connectivity index (χ1) is 15.1. The second kappa shape index (κ2) is 9.69. The number of hydrogen-bond donors (Lipinski definition) is 2. The van der Waals surface area contributed by atoms with E-state index in [9.17, 15) is 26.4 Å². The first-order valence-corrected chi connectivity index (χ1v) is 11.7. The summed E-state index contributed by atoms with van der Waals surface area (Å²) >= 11 is 0. The molecule has 1 aliphatic rings. The second-order valence-electron chi connectivity index (χ2n) is 7.13. The summed E-state index contributed by atoms with van der Waals surface area (Å²) in [7, 11) is -3.47. The maximum atomic E-state index is 14.3. The number of nitrogens with zero attached hydrogens (tertiary/aromatic N) is 4. The van der Waals surface area contributed by atoms with Crippen LogP contribution in [0.2, 0.25) is 0 Å². The number of carbonyl (C=O) groups excluding carboxylic acids is 1. The molecule has 174 valence electrons. The number of anilines is 4. The van der Waals surface area contributed by atoms with Gasteiger partial charge in [-0.2, -0.15) is 13.8 Å². The Hall–Kier alpha value is -2.93. The standard InChI is InChI=1S/C19H23F3N6O3S/c1-3-27(32(2,30)31)8-5-9-28(18(21)22)17-13(20)11-23-19(26-17)25-15-7-4-6-14-12(15)10-16(29)24-14/h4,6-7,11,18H,3,5,8-10H2,1-2H3,(H,24,29)(H,23,25,26). The molecule has 32 heavy (non-hydrogen) atoms. The number of sulfonamides is 1. The van der Waals surface area contributed by atoms with Gasteiger partial charge in [-0.1, -0.05) is 13.0 Å². The zero-order valence-corrected chi connectivity index (χ0v) is 18.3. The number of carbonyl (C=O) groups is 1. The van der Waals surface area contributed by atoms with Gasteiger partial charge in [0.15, 0.2) is 11.6 Å². The van der Waals surface area contributed by atoms with Crippen LogP contribution in [0, 0.1) is 5.82 Å². The lowest BCUT2D eigenvalue weighted by Crippen LogP contribution is -2.36. The molecular formula is C19H23F3N6O3S. The lowest BCUT2D eigenvalue weighted by atomic mass is 10.1. The smallest absolute Gasteiger partial charge is 0.316 e. The third-order valence-electron chi connectivity index (χ3n) is 4.90. The third-order valence-corrected chi connectivity index (χ3v) is 6.27. The first-order valence-electron chi connectivity index (χ1n) is 9.81. The number of fused-ring (bicyclic) bond motifs is 1. The van der Waals surface area contributed by atoms with E-state index in [2.05, 4.69) is 20.6 Å². The van der Waals surface area contributed by atoms with E-state index in [4.69, 9.17) is 0 Å². The van der Waals surface area contributed by atoms with Crippen LogP contribution >= 0.6 is 0 Å².